The Kier molecular flexibility index (Phi) is 3.15. The van der Waals surface area contributed by atoms with E-state index in [1.165, 1.54) is 0 Å². The molecule has 2 aromatic rings. The van der Waals surface area contributed by atoms with Crippen molar-refractivity contribution >= 4 is 16.9 Å². The molecule has 1 saturated heterocycles. The van der Waals surface area contributed by atoms with Crippen LogP contribution in [0.25, 0.3) is 11.0 Å². The number of hydrogen-bond acceptors (Lipinski definition) is 6. The molecule has 1 aromatic heterocycles. The number of amides is 1. The standard InChI is InChI=1S/C13H15N3O4/c1-19-13(8-17)4-5-16(7-13)12(18)9-2-3-10-11(6-9)15-20-14-10/h2-3,6,17H,4-5,7-8H2,1H3. The van der Waals surface area contributed by atoms with Crippen molar-refractivity contribution in [2.24, 2.45) is 0 Å². The first-order valence-corrected chi connectivity index (χ1v) is 6.35. The van der Waals surface area contributed by atoms with Gasteiger partial charge in [0.1, 0.15) is 16.6 Å². The van der Waals surface area contributed by atoms with E-state index in [1.807, 2.05) is 0 Å². The van der Waals surface area contributed by atoms with Crippen molar-refractivity contribution < 1.29 is 19.3 Å². The maximum atomic E-state index is 12.4. The summed E-state index contributed by atoms with van der Waals surface area (Å²) >= 11 is 0. The summed E-state index contributed by atoms with van der Waals surface area (Å²) in [6.45, 7) is 0.843. The van der Waals surface area contributed by atoms with Gasteiger partial charge in [-0.1, -0.05) is 0 Å². The van der Waals surface area contributed by atoms with E-state index in [4.69, 9.17) is 4.74 Å². The Morgan fingerprint density at radius 1 is 1.50 bits per heavy atom. The van der Waals surface area contributed by atoms with Crippen LogP contribution in [0.1, 0.15) is 16.8 Å². The van der Waals surface area contributed by atoms with E-state index in [1.54, 1.807) is 30.2 Å². The molecule has 0 bridgehead atoms. The van der Waals surface area contributed by atoms with Gasteiger partial charge in [0.25, 0.3) is 5.91 Å². The number of methoxy groups -OCH3 is 1. The van der Waals surface area contributed by atoms with Crippen LogP contribution in [0.3, 0.4) is 0 Å². The minimum Gasteiger partial charge on any atom is -0.393 e. The third-order valence-corrected chi connectivity index (χ3v) is 3.83. The zero-order valence-corrected chi connectivity index (χ0v) is 11.1. The molecule has 1 aromatic carbocycles. The van der Waals surface area contributed by atoms with Crippen LogP contribution in [0.4, 0.5) is 0 Å². The van der Waals surface area contributed by atoms with Crippen LogP contribution in [-0.2, 0) is 4.74 Å². The number of carbonyl (C=O) groups is 1. The maximum Gasteiger partial charge on any atom is 0.254 e. The van der Waals surface area contributed by atoms with E-state index in [2.05, 4.69) is 14.9 Å². The van der Waals surface area contributed by atoms with Crippen LogP contribution in [-0.4, -0.2) is 58.6 Å². The van der Waals surface area contributed by atoms with Crippen LogP contribution in [0.15, 0.2) is 22.8 Å². The fraction of sp³-hybridized carbons (Fsp3) is 0.462. The van der Waals surface area contributed by atoms with Gasteiger partial charge in [-0.2, -0.15) is 0 Å². The first-order chi connectivity index (χ1) is 9.67. The van der Waals surface area contributed by atoms with Crippen LogP contribution in [0, 0.1) is 0 Å². The quantitative estimate of drug-likeness (QED) is 0.876. The van der Waals surface area contributed by atoms with Crippen LogP contribution < -0.4 is 0 Å². The monoisotopic (exact) mass is 277 g/mol. The highest BCUT2D eigenvalue weighted by Crippen LogP contribution is 2.26. The van der Waals surface area contributed by atoms with Gasteiger partial charge in [-0.15, -0.1) is 0 Å². The first kappa shape index (κ1) is 13.0. The normalized spacial score (nSPS) is 22.6. The van der Waals surface area contributed by atoms with Gasteiger partial charge in [-0.3, -0.25) is 4.79 Å². The van der Waals surface area contributed by atoms with E-state index in [0.29, 0.717) is 36.1 Å². The van der Waals surface area contributed by atoms with Crippen molar-refractivity contribution in [1.82, 2.24) is 15.2 Å². The molecule has 1 unspecified atom stereocenters. The first-order valence-electron chi connectivity index (χ1n) is 6.35. The lowest BCUT2D eigenvalue weighted by Gasteiger charge is -2.25. The van der Waals surface area contributed by atoms with Gasteiger partial charge in [0, 0.05) is 19.2 Å². The molecule has 0 saturated carbocycles. The number of ether oxygens (including phenoxy) is 1. The van der Waals surface area contributed by atoms with Crippen molar-refractivity contribution in [2.75, 3.05) is 26.8 Å². The zero-order chi connectivity index (χ0) is 14.2. The molecule has 1 atom stereocenters. The van der Waals surface area contributed by atoms with E-state index < -0.39 is 5.60 Å². The molecule has 0 spiro atoms. The number of carbonyl (C=O) groups excluding carboxylic acids is 1. The molecule has 1 fully saturated rings. The van der Waals surface area contributed by atoms with Crippen molar-refractivity contribution in [3.63, 3.8) is 0 Å². The Morgan fingerprint density at radius 3 is 3.00 bits per heavy atom. The molecule has 3 rings (SSSR count). The molecule has 7 nitrogen and oxygen atoms in total. The van der Waals surface area contributed by atoms with Crippen molar-refractivity contribution in [1.29, 1.82) is 0 Å². The summed E-state index contributed by atoms with van der Waals surface area (Å²) in [5.41, 5.74) is 1.05. The number of aromatic nitrogens is 2. The number of nitrogens with zero attached hydrogens (tertiary/aromatic N) is 3. The lowest BCUT2D eigenvalue weighted by Crippen LogP contribution is -2.40. The highest BCUT2D eigenvalue weighted by atomic mass is 16.6. The second kappa shape index (κ2) is 4.84. The molecule has 1 aliphatic rings. The Balaban J connectivity index is 1.82. The third kappa shape index (κ3) is 2.04. The van der Waals surface area contributed by atoms with E-state index in [9.17, 15) is 9.90 Å². The van der Waals surface area contributed by atoms with E-state index >= 15 is 0 Å². The molecule has 7 heteroatoms. The molecule has 0 aliphatic carbocycles. The SMILES string of the molecule is COC1(CO)CCN(C(=O)c2ccc3nonc3c2)C1. The van der Waals surface area contributed by atoms with Gasteiger partial charge in [-0.05, 0) is 34.9 Å². The fourth-order valence-electron chi connectivity index (χ4n) is 2.48. The summed E-state index contributed by atoms with van der Waals surface area (Å²) < 4.78 is 9.96. The average Bonchev–Trinajstić information content (AvgIpc) is 3.13. The number of likely N-dealkylation sites (tertiary alicyclic amines) is 1. The number of fused-ring (bicyclic) bond motifs is 1. The Bertz CT molecular complexity index is 635. The minimum absolute atomic E-state index is 0.0977. The molecular weight excluding hydrogens is 262 g/mol. The number of benzene rings is 1. The lowest BCUT2D eigenvalue weighted by molar-refractivity contribution is -0.0416. The summed E-state index contributed by atoms with van der Waals surface area (Å²) in [6, 6.07) is 5.05. The predicted molar refractivity (Wildman–Crippen MR) is 69.2 cm³/mol. The molecule has 0 radical (unpaired) electrons. The maximum absolute atomic E-state index is 12.4. The third-order valence-electron chi connectivity index (χ3n) is 3.83. The number of hydrogen-bond donors (Lipinski definition) is 1. The molecule has 1 aliphatic heterocycles. The summed E-state index contributed by atoms with van der Waals surface area (Å²) in [5, 5.41) is 16.8. The lowest BCUT2D eigenvalue weighted by atomic mass is 10.1. The van der Waals surface area contributed by atoms with Crippen molar-refractivity contribution in [3.05, 3.63) is 23.8 Å². The molecule has 1 amide bonds. The van der Waals surface area contributed by atoms with E-state index in [0.717, 1.165) is 0 Å². The highest BCUT2D eigenvalue weighted by molar-refractivity contribution is 5.97. The molecule has 1 N–H and O–H groups in total. The number of aliphatic hydroxyl groups is 1. The van der Waals surface area contributed by atoms with E-state index in [-0.39, 0.29) is 12.5 Å². The Morgan fingerprint density at radius 2 is 2.30 bits per heavy atom. The largest absolute Gasteiger partial charge is 0.393 e. The van der Waals surface area contributed by atoms with Crippen LogP contribution >= 0.6 is 0 Å². The second-order valence-electron chi connectivity index (χ2n) is 4.99. The minimum atomic E-state index is -0.644. The second-order valence-corrected chi connectivity index (χ2v) is 4.99. The van der Waals surface area contributed by atoms with Gasteiger partial charge < -0.3 is 14.7 Å². The molecular formula is C13H15N3O4. The van der Waals surface area contributed by atoms with Crippen molar-refractivity contribution in [3.8, 4) is 0 Å². The predicted octanol–water partition coefficient (Wildman–Crippen LogP) is 0.446. The topological polar surface area (TPSA) is 88.7 Å². The average molecular weight is 277 g/mol. The van der Waals surface area contributed by atoms with Gasteiger partial charge in [0.15, 0.2) is 0 Å². The van der Waals surface area contributed by atoms with Gasteiger partial charge in [0.05, 0.1) is 13.2 Å². The summed E-state index contributed by atoms with van der Waals surface area (Å²) in [5.74, 6) is -0.109. The van der Waals surface area contributed by atoms with Crippen molar-refractivity contribution in [2.45, 2.75) is 12.0 Å². The molecule has 2 heterocycles. The molecule has 20 heavy (non-hydrogen) atoms. The van der Waals surface area contributed by atoms with Gasteiger partial charge >= 0.3 is 0 Å². The summed E-state index contributed by atoms with van der Waals surface area (Å²) in [7, 11) is 1.55. The number of rotatable bonds is 3. The highest BCUT2D eigenvalue weighted by Gasteiger charge is 2.39. The Hall–Kier alpha value is -1.99. The van der Waals surface area contributed by atoms with Gasteiger partial charge in [0.2, 0.25) is 0 Å². The smallest absolute Gasteiger partial charge is 0.254 e. The number of aliphatic hydroxyl groups excluding tert-OH is 1. The van der Waals surface area contributed by atoms with Gasteiger partial charge in [-0.25, -0.2) is 4.63 Å². The van der Waals surface area contributed by atoms with Crippen LogP contribution in [0.2, 0.25) is 0 Å². The Labute approximate surface area is 115 Å². The molecule has 106 valence electrons. The van der Waals surface area contributed by atoms with Crippen LogP contribution in [0.5, 0.6) is 0 Å². The summed E-state index contributed by atoms with van der Waals surface area (Å²) in [6.07, 6.45) is 0.625. The summed E-state index contributed by atoms with van der Waals surface area (Å²) in [4.78, 5) is 14.1. The fourth-order valence-corrected chi connectivity index (χ4v) is 2.48. The zero-order valence-electron chi connectivity index (χ0n) is 11.1.